The lowest BCUT2D eigenvalue weighted by Gasteiger charge is -2.37. The summed E-state index contributed by atoms with van der Waals surface area (Å²) in [4.78, 5) is 2.20. The highest BCUT2D eigenvalue weighted by molar-refractivity contribution is 5.50. The Bertz CT molecular complexity index is 437. The first-order valence-electron chi connectivity index (χ1n) is 6.19. The maximum atomic E-state index is 9.46. The maximum Gasteiger partial charge on any atom is 0.138 e. The fourth-order valence-corrected chi connectivity index (χ4v) is 2.44. The zero-order chi connectivity index (χ0) is 13.0. The first-order chi connectivity index (χ1) is 8.67. The van der Waals surface area contributed by atoms with E-state index >= 15 is 0 Å². The number of nitrogens with one attached hydrogen (secondary N) is 1. The fourth-order valence-electron chi connectivity index (χ4n) is 2.44. The van der Waals surface area contributed by atoms with Gasteiger partial charge in [0.1, 0.15) is 11.3 Å². The smallest absolute Gasteiger partial charge is 0.138 e. The van der Waals surface area contributed by atoms with E-state index in [1.165, 1.54) is 0 Å². The molecule has 1 aromatic carbocycles. The second kappa shape index (κ2) is 5.28. The van der Waals surface area contributed by atoms with Crippen LogP contribution < -0.4 is 10.1 Å². The van der Waals surface area contributed by atoms with Gasteiger partial charge in [0.15, 0.2) is 0 Å². The number of hydrogen-bond acceptors (Lipinski definition) is 4. The molecule has 4 heteroatoms. The predicted octanol–water partition coefficient (Wildman–Crippen LogP) is 2.10. The normalized spacial score (nSPS) is 24.3. The van der Waals surface area contributed by atoms with Crippen molar-refractivity contribution in [3.63, 3.8) is 0 Å². The van der Waals surface area contributed by atoms with Gasteiger partial charge in [-0.3, -0.25) is 0 Å². The van der Waals surface area contributed by atoms with Crippen LogP contribution in [0.1, 0.15) is 12.8 Å². The van der Waals surface area contributed by atoms with Crippen molar-refractivity contribution in [2.24, 2.45) is 0 Å². The van der Waals surface area contributed by atoms with E-state index in [1.54, 1.807) is 7.11 Å². The van der Waals surface area contributed by atoms with Crippen molar-refractivity contribution in [2.45, 2.75) is 18.4 Å². The highest BCUT2D eigenvalue weighted by atomic mass is 16.5. The summed E-state index contributed by atoms with van der Waals surface area (Å²) in [6.45, 7) is 1.82. The van der Waals surface area contributed by atoms with E-state index in [9.17, 15) is 5.26 Å². The van der Waals surface area contributed by atoms with Gasteiger partial charge in [0.25, 0.3) is 0 Å². The summed E-state index contributed by atoms with van der Waals surface area (Å²) in [6.07, 6.45) is 1.94. The summed E-state index contributed by atoms with van der Waals surface area (Å²) < 4.78 is 5.13. The molecule has 1 aliphatic heterocycles. The third kappa shape index (κ3) is 2.74. The molecule has 2 rings (SSSR count). The topological polar surface area (TPSA) is 48.3 Å². The van der Waals surface area contributed by atoms with Crippen LogP contribution in [0, 0.1) is 11.3 Å². The van der Waals surface area contributed by atoms with Crippen LogP contribution in [0.2, 0.25) is 0 Å². The van der Waals surface area contributed by atoms with Crippen LogP contribution in [0.5, 0.6) is 5.75 Å². The Balaban J connectivity index is 2.12. The Kier molecular flexibility index (Phi) is 3.73. The van der Waals surface area contributed by atoms with E-state index in [-0.39, 0.29) is 0 Å². The van der Waals surface area contributed by atoms with Gasteiger partial charge < -0.3 is 15.0 Å². The lowest BCUT2D eigenvalue weighted by Crippen LogP contribution is -2.50. The van der Waals surface area contributed by atoms with Crippen LogP contribution in [-0.4, -0.2) is 37.7 Å². The van der Waals surface area contributed by atoms with Gasteiger partial charge in [0, 0.05) is 12.2 Å². The molecule has 0 aromatic heterocycles. The Labute approximate surface area is 108 Å². The summed E-state index contributed by atoms with van der Waals surface area (Å²) in [6, 6.07) is 10.1. The molecule has 1 unspecified atom stereocenters. The maximum absolute atomic E-state index is 9.46. The predicted molar refractivity (Wildman–Crippen MR) is 71.7 cm³/mol. The molecule has 0 aliphatic carbocycles. The fraction of sp³-hybridized carbons (Fsp3) is 0.500. The highest BCUT2D eigenvalue weighted by Crippen LogP contribution is 2.25. The number of anilines is 1. The van der Waals surface area contributed by atoms with Crippen molar-refractivity contribution in [1.29, 1.82) is 5.26 Å². The molecule has 18 heavy (non-hydrogen) atoms. The number of ether oxygens (including phenoxy) is 1. The standard InChI is InChI=1S/C14H19N3O/c1-17-9-3-8-14(10-15,11-17)16-12-4-6-13(18-2)7-5-12/h4-7,16H,3,8-9,11H2,1-2H3. The molecule has 96 valence electrons. The molecule has 1 aliphatic rings. The van der Waals surface area contributed by atoms with Gasteiger partial charge in [-0.15, -0.1) is 0 Å². The largest absolute Gasteiger partial charge is 0.497 e. The Morgan fingerprint density at radius 2 is 2.11 bits per heavy atom. The van der Waals surface area contributed by atoms with Crippen molar-refractivity contribution in [3.05, 3.63) is 24.3 Å². The van der Waals surface area contributed by atoms with Crippen molar-refractivity contribution >= 4 is 5.69 Å². The molecule has 0 bridgehead atoms. The number of benzene rings is 1. The van der Waals surface area contributed by atoms with Crippen LogP contribution in [0.15, 0.2) is 24.3 Å². The minimum absolute atomic E-state index is 0.471. The molecule has 0 amide bonds. The zero-order valence-electron chi connectivity index (χ0n) is 10.9. The monoisotopic (exact) mass is 245 g/mol. The van der Waals surface area contributed by atoms with Crippen molar-refractivity contribution in [3.8, 4) is 11.8 Å². The number of nitrogens with zero attached hydrogens (tertiary/aromatic N) is 2. The van der Waals surface area contributed by atoms with Crippen LogP contribution in [0.3, 0.4) is 0 Å². The zero-order valence-corrected chi connectivity index (χ0v) is 10.9. The van der Waals surface area contributed by atoms with E-state index in [0.717, 1.165) is 37.4 Å². The Hall–Kier alpha value is -1.73. The number of rotatable bonds is 3. The minimum Gasteiger partial charge on any atom is -0.497 e. The van der Waals surface area contributed by atoms with Gasteiger partial charge in [-0.1, -0.05) is 0 Å². The average molecular weight is 245 g/mol. The molecule has 1 N–H and O–H groups in total. The van der Waals surface area contributed by atoms with E-state index in [4.69, 9.17) is 4.74 Å². The van der Waals surface area contributed by atoms with Gasteiger partial charge >= 0.3 is 0 Å². The molecule has 0 radical (unpaired) electrons. The minimum atomic E-state index is -0.471. The van der Waals surface area contributed by atoms with Crippen molar-refractivity contribution < 1.29 is 4.74 Å². The van der Waals surface area contributed by atoms with Gasteiger partial charge in [0.2, 0.25) is 0 Å². The summed E-state index contributed by atoms with van der Waals surface area (Å²) in [5.41, 5.74) is 0.495. The number of nitriles is 1. The van der Waals surface area contributed by atoms with Crippen LogP contribution in [0.25, 0.3) is 0 Å². The third-order valence-electron chi connectivity index (χ3n) is 3.37. The number of methoxy groups -OCH3 is 1. The molecule has 1 saturated heterocycles. The summed E-state index contributed by atoms with van der Waals surface area (Å²) in [5.74, 6) is 0.826. The summed E-state index contributed by atoms with van der Waals surface area (Å²) >= 11 is 0. The first kappa shape index (κ1) is 12.7. The van der Waals surface area contributed by atoms with E-state index in [2.05, 4.69) is 23.3 Å². The van der Waals surface area contributed by atoms with Gasteiger partial charge in [0.05, 0.1) is 13.2 Å². The van der Waals surface area contributed by atoms with Gasteiger partial charge in [-0.05, 0) is 50.7 Å². The molecule has 1 atom stereocenters. The number of likely N-dealkylation sites (tertiary alicyclic amines) is 1. The van der Waals surface area contributed by atoms with Gasteiger partial charge in [-0.25, -0.2) is 0 Å². The number of hydrogen-bond donors (Lipinski definition) is 1. The SMILES string of the molecule is COc1ccc(NC2(C#N)CCCN(C)C2)cc1. The molecule has 1 fully saturated rings. The lowest BCUT2D eigenvalue weighted by atomic mass is 9.90. The molecule has 4 nitrogen and oxygen atoms in total. The molecular formula is C14H19N3O. The van der Waals surface area contributed by atoms with E-state index in [1.807, 2.05) is 24.3 Å². The highest BCUT2D eigenvalue weighted by Gasteiger charge is 2.34. The van der Waals surface area contributed by atoms with Crippen LogP contribution in [-0.2, 0) is 0 Å². The van der Waals surface area contributed by atoms with Crippen LogP contribution >= 0.6 is 0 Å². The van der Waals surface area contributed by atoms with Crippen molar-refractivity contribution in [2.75, 3.05) is 32.6 Å². The van der Waals surface area contributed by atoms with E-state index < -0.39 is 5.54 Å². The Morgan fingerprint density at radius 3 is 2.67 bits per heavy atom. The van der Waals surface area contributed by atoms with Gasteiger partial charge in [-0.2, -0.15) is 5.26 Å². The van der Waals surface area contributed by atoms with Crippen molar-refractivity contribution in [1.82, 2.24) is 4.90 Å². The number of piperidine rings is 1. The first-order valence-corrected chi connectivity index (χ1v) is 6.19. The second-order valence-corrected chi connectivity index (χ2v) is 4.89. The number of likely N-dealkylation sites (N-methyl/N-ethyl adjacent to an activating group) is 1. The lowest BCUT2D eigenvalue weighted by molar-refractivity contribution is 0.227. The second-order valence-electron chi connectivity index (χ2n) is 4.89. The quantitative estimate of drug-likeness (QED) is 0.886. The molecule has 0 spiro atoms. The Morgan fingerprint density at radius 1 is 1.39 bits per heavy atom. The molecule has 0 saturated carbocycles. The van der Waals surface area contributed by atoms with E-state index in [0.29, 0.717) is 0 Å². The summed E-state index contributed by atoms with van der Waals surface area (Å²) in [5, 5.41) is 12.8. The van der Waals surface area contributed by atoms with Crippen LogP contribution in [0.4, 0.5) is 5.69 Å². The third-order valence-corrected chi connectivity index (χ3v) is 3.37. The summed E-state index contributed by atoms with van der Waals surface area (Å²) in [7, 11) is 3.70. The molecular weight excluding hydrogens is 226 g/mol. The molecule has 1 aromatic rings. The molecule has 1 heterocycles. The average Bonchev–Trinajstić information content (AvgIpc) is 2.39.